The Kier molecular flexibility index (Phi) is 3.99. The minimum absolute atomic E-state index is 0.0850. The van der Waals surface area contributed by atoms with E-state index >= 15 is 0 Å². The zero-order valence-electron chi connectivity index (χ0n) is 9.36. The van der Waals surface area contributed by atoms with Gasteiger partial charge in [0.15, 0.2) is 0 Å². The van der Waals surface area contributed by atoms with E-state index in [-0.39, 0.29) is 6.61 Å². The maximum Gasteiger partial charge on any atom is 0.245 e. The molecule has 1 amide bonds. The molecule has 1 fully saturated rings. The molecular weight excluding hydrogens is 240 g/mol. The van der Waals surface area contributed by atoms with Gasteiger partial charge in [0.1, 0.15) is 6.61 Å². The molecule has 0 heterocycles. The zero-order chi connectivity index (χ0) is 12.3. The lowest BCUT2D eigenvalue weighted by molar-refractivity contribution is -0.126. The van der Waals surface area contributed by atoms with Crippen LogP contribution in [0.2, 0.25) is 5.02 Å². The SMILES string of the molecule is NC(=O)CONC1CC(c2cccc(Cl)c2)C1. The van der Waals surface area contributed by atoms with Crippen LogP contribution in [0.4, 0.5) is 0 Å². The summed E-state index contributed by atoms with van der Waals surface area (Å²) in [4.78, 5) is 15.4. The van der Waals surface area contributed by atoms with Crippen LogP contribution in [-0.4, -0.2) is 18.6 Å². The van der Waals surface area contributed by atoms with Gasteiger partial charge in [-0.1, -0.05) is 23.7 Å². The molecule has 17 heavy (non-hydrogen) atoms. The Balaban J connectivity index is 1.73. The fourth-order valence-electron chi connectivity index (χ4n) is 1.98. The van der Waals surface area contributed by atoms with Gasteiger partial charge in [-0.3, -0.25) is 9.63 Å². The molecule has 4 nitrogen and oxygen atoms in total. The molecule has 0 aliphatic heterocycles. The number of benzene rings is 1. The minimum Gasteiger partial charge on any atom is -0.368 e. The van der Waals surface area contributed by atoms with Crippen molar-refractivity contribution in [1.29, 1.82) is 0 Å². The van der Waals surface area contributed by atoms with Gasteiger partial charge in [-0.15, -0.1) is 0 Å². The summed E-state index contributed by atoms with van der Waals surface area (Å²) in [5.74, 6) is 0.0478. The zero-order valence-corrected chi connectivity index (χ0v) is 10.1. The molecule has 3 N–H and O–H groups in total. The predicted octanol–water partition coefficient (Wildman–Crippen LogP) is 1.59. The number of hydrogen-bond donors (Lipinski definition) is 2. The van der Waals surface area contributed by atoms with E-state index in [9.17, 15) is 4.79 Å². The third kappa shape index (κ3) is 3.43. The summed E-state index contributed by atoms with van der Waals surface area (Å²) in [6.45, 7) is -0.0850. The fraction of sp³-hybridized carbons (Fsp3) is 0.417. The van der Waals surface area contributed by atoms with E-state index in [0.717, 1.165) is 17.9 Å². The molecule has 5 heteroatoms. The minimum atomic E-state index is -0.469. The number of nitrogens with one attached hydrogen (secondary N) is 1. The summed E-state index contributed by atoms with van der Waals surface area (Å²) < 4.78 is 0. The van der Waals surface area contributed by atoms with E-state index in [0.29, 0.717) is 12.0 Å². The van der Waals surface area contributed by atoms with Crippen molar-refractivity contribution in [3.05, 3.63) is 34.9 Å². The van der Waals surface area contributed by atoms with Gasteiger partial charge in [0.05, 0.1) is 0 Å². The number of primary amides is 1. The van der Waals surface area contributed by atoms with E-state index in [2.05, 4.69) is 11.5 Å². The first-order chi connectivity index (χ1) is 8.15. The van der Waals surface area contributed by atoms with Crippen molar-refractivity contribution in [1.82, 2.24) is 5.48 Å². The van der Waals surface area contributed by atoms with Gasteiger partial charge in [0, 0.05) is 11.1 Å². The molecular formula is C12H15ClN2O2. The Morgan fingerprint density at radius 3 is 2.94 bits per heavy atom. The van der Waals surface area contributed by atoms with Gasteiger partial charge in [-0.25, -0.2) is 0 Å². The first kappa shape index (κ1) is 12.4. The number of halogens is 1. The Morgan fingerprint density at radius 1 is 1.53 bits per heavy atom. The summed E-state index contributed by atoms with van der Waals surface area (Å²) in [5.41, 5.74) is 9.04. The molecule has 0 unspecified atom stereocenters. The highest BCUT2D eigenvalue weighted by Crippen LogP contribution is 2.37. The average molecular weight is 255 g/mol. The van der Waals surface area contributed by atoms with Crippen LogP contribution in [0.3, 0.4) is 0 Å². The molecule has 1 saturated carbocycles. The number of amides is 1. The lowest BCUT2D eigenvalue weighted by Gasteiger charge is -2.35. The number of carbonyl (C=O) groups is 1. The van der Waals surface area contributed by atoms with Crippen molar-refractivity contribution in [2.45, 2.75) is 24.8 Å². The molecule has 0 spiro atoms. The van der Waals surface area contributed by atoms with Crippen LogP contribution in [0.1, 0.15) is 24.3 Å². The molecule has 1 aliphatic rings. The lowest BCUT2D eigenvalue weighted by Crippen LogP contribution is -2.41. The maximum atomic E-state index is 10.5. The molecule has 0 aromatic heterocycles. The second-order valence-corrected chi connectivity index (χ2v) is 4.73. The van der Waals surface area contributed by atoms with Crippen molar-refractivity contribution in [2.24, 2.45) is 5.73 Å². The molecule has 0 saturated heterocycles. The summed E-state index contributed by atoms with van der Waals surface area (Å²) in [6.07, 6.45) is 1.97. The largest absolute Gasteiger partial charge is 0.368 e. The summed E-state index contributed by atoms with van der Waals surface area (Å²) in [6, 6.07) is 8.19. The monoisotopic (exact) mass is 254 g/mol. The van der Waals surface area contributed by atoms with Crippen molar-refractivity contribution in [3.8, 4) is 0 Å². The average Bonchev–Trinajstić information content (AvgIpc) is 2.21. The van der Waals surface area contributed by atoms with Crippen LogP contribution in [-0.2, 0) is 9.63 Å². The van der Waals surface area contributed by atoms with Crippen molar-refractivity contribution >= 4 is 17.5 Å². The lowest BCUT2D eigenvalue weighted by atomic mass is 9.76. The smallest absolute Gasteiger partial charge is 0.245 e. The molecule has 0 bridgehead atoms. The quantitative estimate of drug-likeness (QED) is 0.785. The highest BCUT2D eigenvalue weighted by molar-refractivity contribution is 6.30. The van der Waals surface area contributed by atoms with Gasteiger partial charge in [-0.2, -0.15) is 5.48 Å². The van der Waals surface area contributed by atoms with Gasteiger partial charge >= 0.3 is 0 Å². The van der Waals surface area contributed by atoms with Crippen molar-refractivity contribution < 1.29 is 9.63 Å². The molecule has 1 aromatic carbocycles. The standard InChI is InChI=1S/C12H15ClN2O2/c13-10-3-1-2-8(4-10)9-5-11(6-9)15-17-7-12(14)16/h1-4,9,11,15H,5-7H2,(H2,14,16). The molecule has 1 aliphatic carbocycles. The summed E-state index contributed by atoms with van der Waals surface area (Å²) >= 11 is 5.93. The van der Waals surface area contributed by atoms with Crippen LogP contribution < -0.4 is 11.2 Å². The van der Waals surface area contributed by atoms with E-state index < -0.39 is 5.91 Å². The van der Waals surface area contributed by atoms with Crippen LogP contribution in [0.5, 0.6) is 0 Å². The van der Waals surface area contributed by atoms with Crippen molar-refractivity contribution in [3.63, 3.8) is 0 Å². The molecule has 2 rings (SSSR count). The summed E-state index contributed by atoms with van der Waals surface area (Å²) in [7, 11) is 0. The van der Waals surface area contributed by atoms with Gasteiger partial charge in [-0.05, 0) is 36.5 Å². The van der Waals surface area contributed by atoms with Gasteiger partial charge in [0.2, 0.25) is 5.91 Å². The summed E-state index contributed by atoms with van der Waals surface area (Å²) in [5, 5.41) is 0.767. The Bertz CT molecular complexity index is 405. The number of rotatable bonds is 5. The fourth-order valence-corrected chi connectivity index (χ4v) is 2.18. The normalized spacial score (nSPS) is 23.1. The van der Waals surface area contributed by atoms with Gasteiger partial charge in [0.25, 0.3) is 0 Å². The second-order valence-electron chi connectivity index (χ2n) is 4.29. The molecule has 0 atom stereocenters. The topological polar surface area (TPSA) is 64.4 Å². The molecule has 0 radical (unpaired) electrons. The maximum absolute atomic E-state index is 10.5. The molecule has 92 valence electrons. The Labute approximate surface area is 105 Å². The van der Waals surface area contributed by atoms with Gasteiger partial charge < -0.3 is 5.73 Å². The Hall–Kier alpha value is -1.10. The van der Waals surface area contributed by atoms with E-state index in [1.54, 1.807) is 0 Å². The highest BCUT2D eigenvalue weighted by Gasteiger charge is 2.30. The third-order valence-corrected chi connectivity index (χ3v) is 3.16. The molecule has 1 aromatic rings. The van der Waals surface area contributed by atoms with E-state index in [1.807, 2.05) is 18.2 Å². The Morgan fingerprint density at radius 2 is 2.29 bits per heavy atom. The van der Waals surface area contributed by atoms with Crippen LogP contribution >= 0.6 is 11.6 Å². The number of carbonyl (C=O) groups excluding carboxylic acids is 1. The number of nitrogens with two attached hydrogens (primary N) is 1. The first-order valence-electron chi connectivity index (χ1n) is 5.56. The van der Waals surface area contributed by atoms with Crippen LogP contribution in [0.25, 0.3) is 0 Å². The van der Waals surface area contributed by atoms with E-state index in [1.165, 1.54) is 5.56 Å². The third-order valence-electron chi connectivity index (χ3n) is 2.92. The highest BCUT2D eigenvalue weighted by atomic mass is 35.5. The van der Waals surface area contributed by atoms with E-state index in [4.69, 9.17) is 22.2 Å². The van der Waals surface area contributed by atoms with Crippen molar-refractivity contribution in [2.75, 3.05) is 6.61 Å². The first-order valence-corrected chi connectivity index (χ1v) is 5.94. The van der Waals surface area contributed by atoms with Crippen LogP contribution in [0, 0.1) is 0 Å². The second kappa shape index (κ2) is 5.49. The number of hydrogen-bond acceptors (Lipinski definition) is 3. The predicted molar refractivity (Wildman–Crippen MR) is 65.5 cm³/mol. The number of hydroxylamine groups is 1. The van der Waals surface area contributed by atoms with Crippen LogP contribution in [0.15, 0.2) is 24.3 Å².